The first kappa shape index (κ1) is 25.5. The van der Waals surface area contributed by atoms with Crippen molar-refractivity contribution >= 4 is 23.4 Å². The van der Waals surface area contributed by atoms with Crippen molar-refractivity contribution in [2.24, 2.45) is 0 Å². The second-order valence-corrected chi connectivity index (χ2v) is 6.46. The number of anilines is 1. The number of alkyl halides is 3. The Balaban J connectivity index is 0.00000141. The van der Waals surface area contributed by atoms with Gasteiger partial charge in [-0.05, 0) is 25.5 Å². The van der Waals surface area contributed by atoms with Crippen molar-refractivity contribution in [1.82, 2.24) is 9.78 Å². The molecule has 0 bridgehead atoms. The largest absolute Gasteiger partial charge is 0.496 e. The van der Waals surface area contributed by atoms with Crippen LogP contribution in [0.2, 0.25) is 5.02 Å². The minimum atomic E-state index is -4.34. The highest BCUT2D eigenvalue weighted by molar-refractivity contribution is 6.33. The average molecular weight is 450 g/mol. The van der Waals surface area contributed by atoms with Crippen LogP contribution in [0.25, 0.3) is 11.3 Å². The molecule has 0 spiro atoms. The minimum Gasteiger partial charge on any atom is -0.496 e. The van der Waals surface area contributed by atoms with Crippen LogP contribution >= 0.6 is 11.6 Å². The smallest absolute Gasteiger partial charge is 0.408 e. The normalized spacial score (nSPS) is 11.9. The van der Waals surface area contributed by atoms with Crippen LogP contribution in [0.4, 0.5) is 18.9 Å². The first-order valence-corrected chi connectivity index (χ1v) is 9.27. The molecule has 0 saturated carbocycles. The van der Waals surface area contributed by atoms with E-state index in [1.807, 2.05) is 6.92 Å². The molecule has 1 aromatic heterocycles. The van der Waals surface area contributed by atoms with Gasteiger partial charge in [0, 0.05) is 24.4 Å². The quantitative estimate of drug-likeness (QED) is 0.650. The Labute approximate surface area is 177 Å². The summed E-state index contributed by atoms with van der Waals surface area (Å²) in [4.78, 5) is 16.2. The first-order chi connectivity index (χ1) is 14.1. The van der Waals surface area contributed by atoms with E-state index in [0.29, 0.717) is 47.3 Å². The maximum atomic E-state index is 12.8. The van der Waals surface area contributed by atoms with Gasteiger partial charge in [0.05, 0.1) is 36.7 Å². The highest BCUT2D eigenvalue weighted by atomic mass is 35.5. The molecule has 7 nitrogen and oxygen atoms in total. The monoisotopic (exact) mass is 449 g/mol. The zero-order valence-corrected chi connectivity index (χ0v) is 17.7. The number of aromatic nitrogens is 2. The molecule has 0 fully saturated rings. The Kier molecular flexibility index (Phi) is 9.84. The maximum absolute atomic E-state index is 12.8. The number of nitrogens with zero attached hydrogens (tertiary/aromatic N) is 2. The molecule has 0 amide bonds. The highest BCUT2D eigenvalue weighted by Crippen LogP contribution is 2.38. The van der Waals surface area contributed by atoms with E-state index in [1.165, 1.54) is 13.2 Å². The van der Waals surface area contributed by atoms with Gasteiger partial charge in [-0.1, -0.05) is 18.5 Å². The van der Waals surface area contributed by atoms with Gasteiger partial charge in [-0.3, -0.25) is 4.68 Å². The van der Waals surface area contributed by atoms with E-state index in [-0.39, 0.29) is 6.15 Å². The summed E-state index contributed by atoms with van der Waals surface area (Å²) in [5.41, 5.74) is 2.33. The Morgan fingerprint density at radius 2 is 1.93 bits per heavy atom. The topological polar surface area (TPSA) is 82.4 Å². The van der Waals surface area contributed by atoms with Crippen molar-refractivity contribution < 1.29 is 32.2 Å². The fourth-order valence-corrected chi connectivity index (χ4v) is 2.99. The Bertz CT molecular complexity index is 865. The second kappa shape index (κ2) is 11.6. The van der Waals surface area contributed by atoms with Crippen LogP contribution in [0, 0.1) is 0 Å². The van der Waals surface area contributed by atoms with E-state index in [1.54, 1.807) is 23.9 Å². The summed E-state index contributed by atoms with van der Waals surface area (Å²) in [5, 5.41) is 7.44. The molecule has 1 aromatic carbocycles. The molecule has 11 heteroatoms. The maximum Gasteiger partial charge on any atom is 0.408 e. The van der Waals surface area contributed by atoms with E-state index in [4.69, 9.17) is 30.7 Å². The van der Waals surface area contributed by atoms with Crippen LogP contribution in [-0.4, -0.2) is 49.0 Å². The molecule has 1 N–H and O–H groups in total. The summed E-state index contributed by atoms with van der Waals surface area (Å²) in [6.45, 7) is 3.94. The van der Waals surface area contributed by atoms with Crippen molar-refractivity contribution in [3.8, 4) is 17.0 Å². The summed E-state index contributed by atoms with van der Waals surface area (Å²) >= 11 is 6.51. The molecule has 0 saturated heterocycles. The summed E-state index contributed by atoms with van der Waals surface area (Å²) < 4.78 is 50.6. The van der Waals surface area contributed by atoms with Crippen LogP contribution in [0.1, 0.15) is 19.5 Å². The van der Waals surface area contributed by atoms with Gasteiger partial charge in [-0.15, -0.1) is 0 Å². The summed E-state index contributed by atoms with van der Waals surface area (Å²) in [5.74, 6) is 0.400. The lowest BCUT2D eigenvalue weighted by atomic mass is 10.1. The van der Waals surface area contributed by atoms with Gasteiger partial charge in [-0.2, -0.15) is 27.9 Å². The van der Waals surface area contributed by atoms with E-state index in [9.17, 15) is 13.2 Å². The molecule has 0 aliphatic carbocycles. The number of hydrogen-bond donors (Lipinski definition) is 1. The number of nitrogens with one attached hydrogen (secondary N) is 1. The number of hydrogen-bond acceptors (Lipinski definition) is 6. The van der Waals surface area contributed by atoms with Crippen molar-refractivity contribution in [3.63, 3.8) is 0 Å². The molecule has 0 aliphatic rings. The summed E-state index contributed by atoms with van der Waals surface area (Å²) in [6.07, 6.45) is -3.44. The molecule has 0 aliphatic heterocycles. The zero-order valence-electron chi connectivity index (χ0n) is 17.0. The molecular formula is C19H23ClF3N3O4. The molecule has 1 atom stereocenters. The van der Waals surface area contributed by atoms with E-state index < -0.39 is 12.2 Å². The number of carbonyl (C=O) groups excluding carboxylic acids is 2. The van der Waals surface area contributed by atoms with Crippen molar-refractivity contribution in [2.45, 2.75) is 39.0 Å². The van der Waals surface area contributed by atoms with Gasteiger partial charge >= 0.3 is 12.3 Å². The molecular weight excluding hydrogens is 427 g/mol. The zero-order chi connectivity index (χ0) is 22.9. The van der Waals surface area contributed by atoms with Gasteiger partial charge in [0.2, 0.25) is 0 Å². The number of halogens is 4. The second-order valence-electron chi connectivity index (χ2n) is 6.08. The third kappa shape index (κ3) is 6.48. The standard InChI is InChI=1S/C18H23ClF3N3O2.CO2/c1-5-14-16(19)17(25(24-14)8-9-26-3)13-7-6-12(10-15(13)27-4)23-11(2)18(20,21)22;2-1-3/h6-7,10-11,23H,5,8-9H2,1-4H3;/t11-;/m1./s1. The molecule has 2 aromatic rings. The Morgan fingerprint density at radius 3 is 2.43 bits per heavy atom. The molecule has 30 heavy (non-hydrogen) atoms. The highest BCUT2D eigenvalue weighted by Gasteiger charge is 2.36. The fourth-order valence-electron chi connectivity index (χ4n) is 2.62. The molecule has 2 rings (SSSR count). The predicted octanol–water partition coefficient (Wildman–Crippen LogP) is 4.20. The Hall–Kier alpha value is -2.55. The van der Waals surface area contributed by atoms with Crippen LogP contribution in [0.3, 0.4) is 0 Å². The molecule has 166 valence electrons. The number of benzene rings is 1. The van der Waals surface area contributed by atoms with Crippen LogP contribution in [0.5, 0.6) is 5.75 Å². The predicted molar refractivity (Wildman–Crippen MR) is 105 cm³/mol. The summed E-state index contributed by atoms with van der Waals surface area (Å²) in [7, 11) is 3.05. The van der Waals surface area contributed by atoms with Crippen LogP contribution < -0.4 is 10.1 Å². The van der Waals surface area contributed by atoms with Crippen LogP contribution in [0.15, 0.2) is 18.2 Å². The van der Waals surface area contributed by atoms with Gasteiger partial charge in [0.1, 0.15) is 11.8 Å². The minimum absolute atomic E-state index is 0.250. The van der Waals surface area contributed by atoms with Gasteiger partial charge in [-0.25, -0.2) is 0 Å². The first-order valence-electron chi connectivity index (χ1n) is 8.89. The van der Waals surface area contributed by atoms with E-state index >= 15 is 0 Å². The molecule has 0 radical (unpaired) electrons. The van der Waals surface area contributed by atoms with Crippen LogP contribution in [-0.2, 0) is 27.3 Å². The third-order valence-corrected chi connectivity index (χ3v) is 4.53. The SMILES string of the molecule is CCc1nn(CCOC)c(-c2ccc(N[C@H](C)C(F)(F)F)cc2OC)c1Cl.O=C=O. The number of methoxy groups -OCH3 is 2. The number of aryl methyl sites for hydroxylation is 1. The third-order valence-electron chi connectivity index (χ3n) is 4.13. The lowest BCUT2D eigenvalue weighted by molar-refractivity contribution is -0.191. The lowest BCUT2D eigenvalue weighted by Gasteiger charge is -2.19. The Morgan fingerprint density at radius 1 is 1.30 bits per heavy atom. The van der Waals surface area contributed by atoms with E-state index in [0.717, 1.165) is 12.6 Å². The average Bonchev–Trinajstić information content (AvgIpc) is 3.01. The van der Waals surface area contributed by atoms with Crippen molar-refractivity contribution in [1.29, 1.82) is 0 Å². The molecule has 0 unspecified atom stereocenters. The van der Waals surface area contributed by atoms with E-state index in [2.05, 4.69) is 10.4 Å². The van der Waals surface area contributed by atoms with Gasteiger partial charge in [0.25, 0.3) is 0 Å². The fraction of sp³-hybridized carbons (Fsp3) is 0.474. The lowest BCUT2D eigenvalue weighted by Crippen LogP contribution is -2.33. The number of rotatable bonds is 8. The van der Waals surface area contributed by atoms with Crippen molar-refractivity contribution in [3.05, 3.63) is 28.9 Å². The van der Waals surface area contributed by atoms with Gasteiger partial charge in [0.15, 0.2) is 0 Å². The molecule has 1 heterocycles. The number of ether oxygens (including phenoxy) is 2. The van der Waals surface area contributed by atoms with Crippen molar-refractivity contribution in [2.75, 3.05) is 26.1 Å². The summed E-state index contributed by atoms with van der Waals surface area (Å²) in [6, 6.07) is 3.08. The van der Waals surface area contributed by atoms with Gasteiger partial charge < -0.3 is 14.8 Å².